The molecule has 0 radical (unpaired) electrons. The Balaban J connectivity index is 4.06. The number of carbonyl (C=O) groups is 1. The zero-order valence-electron chi connectivity index (χ0n) is 9.29. The molecule has 0 fully saturated rings. The molecule has 0 saturated heterocycles. The third-order valence-corrected chi connectivity index (χ3v) is 2.62. The second kappa shape index (κ2) is 6.79. The molecule has 0 bridgehead atoms. The summed E-state index contributed by atoms with van der Waals surface area (Å²) >= 11 is 0. The predicted molar refractivity (Wildman–Crippen MR) is 56.7 cm³/mol. The lowest BCUT2D eigenvalue weighted by Crippen LogP contribution is -2.49. The van der Waals surface area contributed by atoms with Crippen molar-refractivity contribution in [2.75, 3.05) is 6.61 Å². The van der Waals surface area contributed by atoms with Crippen molar-refractivity contribution >= 4 is 5.91 Å². The molecule has 4 heteroatoms. The van der Waals surface area contributed by atoms with Crippen LogP contribution in [0.4, 0.5) is 0 Å². The van der Waals surface area contributed by atoms with Gasteiger partial charge >= 0.3 is 0 Å². The SMILES string of the molecule is CCC(C)[C@H](N)C(=O)N[C@@H](CC)CO. The van der Waals surface area contributed by atoms with Gasteiger partial charge < -0.3 is 16.2 Å². The van der Waals surface area contributed by atoms with Crippen molar-refractivity contribution in [3.63, 3.8) is 0 Å². The molecule has 1 unspecified atom stereocenters. The molecule has 0 heterocycles. The summed E-state index contributed by atoms with van der Waals surface area (Å²) in [6, 6.07) is -0.641. The summed E-state index contributed by atoms with van der Waals surface area (Å²) in [5, 5.41) is 11.6. The minimum absolute atomic E-state index is 0.0323. The van der Waals surface area contributed by atoms with Crippen LogP contribution in [0, 0.1) is 5.92 Å². The van der Waals surface area contributed by atoms with Crippen molar-refractivity contribution in [2.24, 2.45) is 11.7 Å². The Morgan fingerprint density at radius 1 is 1.43 bits per heavy atom. The van der Waals surface area contributed by atoms with E-state index in [4.69, 9.17) is 10.8 Å². The number of nitrogens with two attached hydrogens (primary N) is 1. The third-order valence-electron chi connectivity index (χ3n) is 2.62. The highest BCUT2D eigenvalue weighted by atomic mass is 16.3. The molecule has 0 rings (SSSR count). The van der Waals surface area contributed by atoms with E-state index in [1.807, 2.05) is 20.8 Å². The third kappa shape index (κ3) is 4.07. The van der Waals surface area contributed by atoms with E-state index in [0.717, 1.165) is 12.8 Å². The topological polar surface area (TPSA) is 75.4 Å². The van der Waals surface area contributed by atoms with Gasteiger partial charge in [-0.15, -0.1) is 0 Å². The largest absolute Gasteiger partial charge is 0.394 e. The van der Waals surface area contributed by atoms with Gasteiger partial charge in [0.2, 0.25) is 5.91 Å². The summed E-state index contributed by atoms with van der Waals surface area (Å²) in [7, 11) is 0. The van der Waals surface area contributed by atoms with Crippen molar-refractivity contribution in [1.29, 1.82) is 0 Å². The van der Waals surface area contributed by atoms with Crippen LogP contribution >= 0.6 is 0 Å². The average Bonchev–Trinajstić information content (AvgIpc) is 2.23. The van der Waals surface area contributed by atoms with Crippen molar-refractivity contribution in [2.45, 2.75) is 45.7 Å². The fourth-order valence-corrected chi connectivity index (χ4v) is 1.09. The maximum Gasteiger partial charge on any atom is 0.237 e. The molecule has 0 aliphatic carbocycles. The molecule has 0 spiro atoms. The maximum absolute atomic E-state index is 11.5. The second-order valence-corrected chi connectivity index (χ2v) is 3.71. The number of nitrogens with one attached hydrogen (secondary N) is 1. The highest BCUT2D eigenvalue weighted by Crippen LogP contribution is 2.05. The first-order valence-corrected chi connectivity index (χ1v) is 5.23. The van der Waals surface area contributed by atoms with Crippen molar-refractivity contribution in [1.82, 2.24) is 5.32 Å². The number of aliphatic hydroxyl groups is 1. The Hall–Kier alpha value is -0.610. The van der Waals surface area contributed by atoms with E-state index in [2.05, 4.69) is 5.32 Å². The van der Waals surface area contributed by atoms with E-state index in [9.17, 15) is 4.79 Å². The van der Waals surface area contributed by atoms with Gasteiger partial charge in [-0.2, -0.15) is 0 Å². The number of carbonyl (C=O) groups excluding carboxylic acids is 1. The van der Waals surface area contributed by atoms with Crippen LogP contribution in [0.15, 0.2) is 0 Å². The van der Waals surface area contributed by atoms with Gasteiger partial charge in [0, 0.05) is 0 Å². The first-order chi connectivity index (χ1) is 6.56. The quantitative estimate of drug-likeness (QED) is 0.578. The number of hydrogen-bond donors (Lipinski definition) is 3. The van der Waals surface area contributed by atoms with Crippen molar-refractivity contribution in [3.05, 3.63) is 0 Å². The van der Waals surface area contributed by atoms with Crippen LogP contribution in [0.2, 0.25) is 0 Å². The molecule has 3 atom stereocenters. The molecule has 84 valence electrons. The van der Waals surface area contributed by atoms with E-state index >= 15 is 0 Å². The summed E-state index contributed by atoms with van der Waals surface area (Å²) in [5.74, 6) is 0.00597. The van der Waals surface area contributed by atoms with Gasteiger partial charge in [-0.25, -0.2) is 0 Å². The normalized spacial score (nSPS) is 17.2. The average molecular weight is 202 g/mol. The Bertz CT molecular complexity index is 170. The number of amides is 1. The number of aliphatic hydroxyl groups excluding tert-OH is 1. The van der Waals surface area contributed by atoms with Gasteiger partial charge in [0.15, 0.2) is 0 Å². The fourth-order valence-electron chi connectivity index (χ4n) is 1.09. The molecule has 0 aromatic heterocycles. The summed E-state index contributed by atoms with van der Waals surface area (Å²) in [5.41, 5.74) is 5.74. The van der Waals surface area contributed by atoms with Gasteiger partial charge in [-0.1, -0.05) is 27.2 Å². The monoisotopic (exact) mass is 202 g/mol. The Labute approximate surface area is 85.9 Å². The molecule has 0 aliphatic rings. The minimum Gasteiger partial charge on any atom is -0.394 e. The molecule has 4 N–H and O–H groups in total. The predicted octanol–water partition coefficient (Wildman–Crippen LogP) is 0.247. The molecular weight excluding hydrogens is 180 g/mol. The molecular formula is C10H22N2O2. The second-order valence-electron chi connectivity index (χ2n) is 3.71. The number of rotatable bonds is 6. The van der Waals surface area contributed by atoms with E-state index in [1.54, 1.807) is 0 Å². The summed E-state index contributed by atoms with van der Waals surface area (Å²) < 4.78 is 0. The van der Waals surface area contributed by atoms with Gasteiger partial charge in [0.05, 0.1) is 18.7 Å². The fraction of sp³-hybridized carbons (Fsp3) is 0.900. The molecule has 1 amide bonds. The Morgan fingerprint density at radius 3 is 2.36 bits per heavy atom. The van der Waals surface area contributed by atoms with Gasteiger partial charge in [-0.3, -0.25) is 4.79 Å². The number of hydrogen-bond acceptors (Lipinski definition) is 3. The Morgan fingerprint density at radius 2 is 2.00 bits per heavy atom. The molecule has 0 saturated carbocycles. The Kier molecular flexibility index (Phi) is 6.49. The van der Waals surface area contributed by atoms with Crippen LogP contribution in [-0.4, -0.2) is 29.7 Å². The van der Waals surface area contributed by atoms with Crippen molar-refractivity contribution in [3.8, 4) is 0 Å². The molecule has 0 aromatic carbocycles. The standard InChI is InChI=1S/C10H22N2O2/c1-4-7(3)9(11)10(14)12-8(5-2)6-13/h7-9,13H,4-6,11H2,1-3H3,(H,12,14)/t7?,8-,9-/m0/s1. The highest BCUT2D eigenvalue weighted by Gasteiger charge is 2.20. The van der Waals surface area contributed by atoms with Crippen LogP contribution in [0.5, 0.6) is 0 Å². The molecule has 0 aromatic rings. The molecule has 4 nitrogen and oxygen atoms in total. The molecule has 0 aliphatic heterocycles. The van der Waals surface area contributed by atoms with Crippen LogP contribution in [0.3, 0.4) is 0 Å². The lowest BCUT2D eigenvalue weighted by molar-refractivity contribution is -0.124. The van der Waals surface area contributed by atoms with Crippen LogP contribution < -0.4 is 11.1 Å². The zero-order chi connectivity index (χ0) is 11.1. The van der Waals surface area contributed by atoms with E-state index in [1.165, 1.54) is 0 Å². The van der Waals surface area contributed by atoms with Gasteiger partial charge in [0.1, 0.15) is 0 Å². The zero-order valence-corrected chi connectivity index (χ0v) is 9.29. The van der Waals surface area contributed by atoms with Crippen LogP contribution in [0.1, 0.15) is 33.6 Å². The van der Waals surface area contributed by atoms with Crippen LogP contribution in [-0.2, 0) is 4.79 Å². The van der Waals surface area contributed by atoms with E-state index in [-0.39, 0.29) is 24.5 Å². The highest BCUT2D eigenvalue weighted by molar-refractivity contribution is 5.82. The summed E-state index contributed by atoms with van der Waals surface area (Å²) in [4.78, 5) is 11.5. The van der Waals surface area contributed by atoms with E-state index in [0.29, 0.717) is 0 Å². The van der Waals surface area contributed by atoms with Gasteiger partial charge in [0.25, 0.3) is 0 Å². The lowest BCUT2D eigenvalue weighted by Gasteiger charge is -2.21. The first kappa shape index (κ1) is 13.4. The van der Waals surface area contributed by atoms with Crippen molar-refractivity contribution < 1.29 is 9.90 Å². The first-order valence-electron chi connectivity index (χ1n) is 5.23. The lowest BCUT2D eigenvalue weighted by atomic mass is 9.99. The minimum atomic E-state index is -0.472. The molecule has 14 heavy (non-hydrogen) atoms. The summed E-state index contributed by atoms with van der Waals surface area (Å²) in [6.45, 7) is 5.83. The smallest absolute Gasteiger partial charge is 0.237 e. The van der Waals surface area contributed by atoms with Gasteiger partial charge in [-0.05, 0) is 12.3 Å². The summed E-state index contributed by atoms with van der Waals surface area (Å²) in [6.07, 6.45) is 1.60. The maximum atomic E-state index is 11.5. The van der Waals surface area contributed by atoms with E-state index < -0.39 is 6.04 Å². The van der Waals surface area contributed by atoms with Crippen LogP contribution in [0.25, 0.3) is 0 Å².